The van der Waals surface area contributed by atoms with Gasteiger partial charge in [-0.15, -0.1) is 0 Å². The number of hydrogen-bond donors (Lipinski definition) is 2. The number of carbonyl (C=O) groups is 2. The number of halogens is 1. The molecule has 0 fully saturated rings. The highest BCUT2D eigenvalue weighted by Gasteiger charge is 2.17. The minimum Gasteiger partial charge on any atom is -0.355 e. The van der Waals surface area contributed by atoms with Gasteiger partial charge in [-0.1, -0.05) is 18.5 Å². The van der Waals surface area contributed by atoms with E-state index in [2.05, 4.69) is 10.6 Å². The molecule has 126 valence electrons. The molecule has 0 saturated heterocycles. The van der Waals surface area contributed by atoms with Crippen molar-refractivity contribution in [1.29, 1.82) is 0 Å². The maximum Gasteiger partial charge on any atom is 0.292 e. The number of nitro benzene ring substituents is 1. The van der Waals surface area contributed by atoms with Crippen LogP contribution in [0.25, 0.3) is 0 Å². The second-order valence-electron chi connectivity index (χ2n) is 4.99. The van der Waals surface area contributed by atoms with E-state index in [1.165, 1.54) is 23.1 Å². The zero-order chi connectivity index (χ0) is 17.4. The van der Waals surface area contributed by atoms with Crippen LogP contribution in [0.1, 0.15) is 13.3 Å². The number of nitrogens with one attached hydrogen (secondary N) is 2. The standard InChI is InChI=1S/C14H19ClN4O4/c1-3-6-16-13(20)8-18(2)9-14(21)17-11-7-10(15)4-5-12(11)19(22)23/h4-5,7H,3,6,8-9H2,1-2H3,(H,16,20)(H,17,21). The Hall–Kier alpha value is -2.19. The van der Waals surface area contributed by atoms with Gasteiger partial charge >= 0.3 is 0 Å². The van der Waals surface area contributed by atoms with Gasteiger partial charge in [-0.2, -0.15) is 0 Å². The summed E-state index contributed by atoms with van der Waals surface area (Å²) in [6.45, 7) is 2.50. The zero-order valence-electron chi connectivity index (χ0n) is 13.0. The Morgan fingerprint density at radius 3 is 2.57 bits per heavy atom. The number of hydrogen-bond acceptors (Lipinski definition) is 5. The van der Waals surface area contributed by atoms with Crippen LogP contribution in [0.15, 0.2) is 18.2 Å². The third kappa shape index (κ3) is 6.62. The quantitative estimate of drug-likeness (QED) is 0.552. The van der Waals surface area contributed by atoms with Gasteiger partial charge in [0.25, 0.3) is 5.69 Å². The van der Waals surface area contributed by atoms with Crippen molar-refractivity contribution < 1.29 is 14.5 Å². The Morgan fingerprint density at radius 2 is 1.96 bits per heavy atom. The maximum atomic E-state index is 12.0. The molecule has 1 aromatic carbocycles. The lowest BCUT2D eigenvalue weighted by atomic mass is 10.2. The largest absolute Gasteiger partial charge is 0.355 e. The molecule has 0 radical (unpaired) electrons. The van der Waals surface area contributed by atoms with Gasteiger partial charge in [-0.25, -0.2) is 0 Å². The summed E-state index contributed by atoms with van der Waals surface area (Å²) in [7, 11) is 1.61. The van der Waals surface area contributed by atoms with Crippen molar-refractivity contribution in [3.05, 3.63) is 33.3 Å². The van der Waals surface area contributed by atoms with Crippen molar-refractivity contribution in [1.82, 2.24) is 10.2 Å². The minimum absolute atomic E-state index is 0.0244. The van der Waals surface area contributed by atoms with Crippen molar-refractivity contribution in [3.63, 3.8) is 0 Å². The molecule has 0 heterocycles. The summed E-state index contributed by atoms with van der Waals surface area (Å²) in [6, 6.07) is 3.91. The molecule has 0 aromatic heterocycles. The van der Waals surface area contributed by atoms with Crippen LogP contribution in [0.5, 0.6) is 0 Å². The molecule has 8 nitrogen and oxygen atoms in total. The third-order valence-corrected chi connectivity index (χ3v) is 3.06. The van der Waals surface area contributed by atoms with E-state index in [1.54, 1.807) is 7.05 Å². The summed E-state index contributed by atoms with van der Waals surface area (Å²) in [5, 5.41) is 16.3. The number of amides is 2. The summed E-state index contributed by atoms with van der Waals surface area (Å²) in [6.07, 6.45) is 0.828. The number of anilines is 1. The second kappa shape index (κ2) is 9.06. The van der Waals surface area contributed by atoms with Crippen LogP contribution in [0, 0.1) is 10.1 Å². The number of nitrogens with zero attached hydrogens (tertiary/aromatic N) is 2. The fourth-order valence-corrected chi connectivity index (χ4v) is 2.00. The summed E-state index contributed by atoms with van der Waals surface area (Å²) < 4.78 is 0. The molecule has 0 aliphatic carbocycles. The normalized spacial score (nSPS) is 10.4. The van der Waals surface area contributed by atoms with E-state index in [0.717, 1.165) is 6.42 Å². The van der Waals surface area contributed by atoms with E-state index in [9.17, 15) is 19.7 Å². The first-order valence-corrected chi connectivity index (χ1v) is 7.40. The van der Waals surface area contributed by atoms with E-state index < -0.39 is 10.8 Å². The van der Waals surface area contributed by atoms with Gasteiger partial charge in [0.1, 0.15) is 5.69 Å². The van der Waals surface area contributed by atoms with E-state index in [1.807, 2.05) is 6.92 Å². The first-order valence-electron chi connectivity index (χ1n) is 7.02. The fourth-order valence-electron chi connectivity index (χ4n) is 1.82. The molecule has 0 aliphatic rings. The average molecular weight is 343 g/mol. The van der Waals surface area contributed by atoms with Crippen LogP contribution in [-0.2, 0) is 9.59 Å². The predicted octanol–water partition coefficient (Wildman–Crippen LogP) is 1.64. The molecule has 1 aromatic rings. The number of carbonyl (C=O) groups excluding carboxylic acids is 2. The van der Waals surface area contributed by atoms with Crippen LogP contribution in [0.4, 0.5) is 11.4 Å². The van der Waals surface area contributed by atoms with Crippen LogP contribution in [0.2, 0.25) is 5.02 Å². The van der Waals surface area contributed by atoms with Crippen LogP contribution in [0.3, 0.4) is 0 Å². The van der Waals surface area contributed by atoms with Crippen LogP contribution in [-0.4, -0.2) is 48.3 Å². The van der Waals surface area contributed by atoms with Gasteiger partial charge < -0.3 is 10.6 Å². The topological polar surface area (TPSA) is 105 Å². The second-order valence-corrected chi connectivity index (χ2v) is 5.43. The SMILES string of the molecule is CCCNC(=O)CN(C)CC(=O)Nc1cc(Cl)ccc1[N+](=O)[O-]. The van der Waals surface area contributed by atoms with Crippen LogP contribution < -0.4 is 10.6 Å². The van der Waals surface area contributed by atoms with E-state index in [-0.39, 0.29) is 35.4 Å². The van der Waals surface area contributed by atoms with E-state index >= 15 is 0 Å². The fraction of sp³-hybridized carbons (Fsp3) is 0.429. The lowest BCUT2D eigenvalue weighted by Crippen LogP contribution is -2.39. The molecule has 2 N–H and O–H groups in total. The molecule has 0 spiro atoms. The number of nitro groups is 1. The van der Waals surface area contributed by atoms with Gasteiger partial charge in [0.15, 0.2) is 0 Å². The molecular weight excluding hydrogens is 324 g/mol. The van der Waals surface area contributed by atoms with E-state index in [4.69, 9.17) is 11.6 Å². The van der Waals surface area contributed by atoms with Crippen molar-refractivity contribution in [2.45, 2.75) is 13.3 Å². The zero-order valence-corrected chi connectivity index (χ0v) is 13.7. The highest BCUT2D eigenvalue weighted by molar-refractivity contribution is 6.31. The van der Waals surface area contributed by atoms with Crippen molar-refractivity contribution in [2.24, 2.45) is 0 Å². The van der Waals surface area contributed by atoms with E-state index in [0.29, 0.717) is 6.54 Å². The van der Waals surface area contributed by atoms with Gasteiger partial charge in [-0.05, 0) is 25.6 Å². The molecule has 0 atom stereocenters. The van der Waals surface area contributed by atoms with Crippen LogP contribution >= 0.6 is 11.6 Å². The maximum absolute atomic E-state index is 12.0. The van der Waals surface area contributed by atoms with Gasteiger partial charge in [0.05, 0.1) is 18.0 Å². The first kappa shape index (κ1) is 18.9. The molecule has 0 unspecified atom stereocenters. The molecular formula is C14H19ClN4O4. The lowest BCUT2D eigenvalue weighted by molar-refractivity contribution is -0.383. The molecule has 23 heavy (non-hydrogen) atoms. The Bertz CT molecular complexity index is 594. The summed E-state index contributed by atoms with van der Waals surface area (Å²) >= 11 is 5.79. The lowest BCUT2D eigenvalue weighted by Gasteiger charge is -2.16. The van der Waals surface area contributed by atoms with Crippen molar-refractivity contribution in [3.8, 4) is 0 Å². The number of benzene rings is 1. The Morgan fingerprint density at radius 1 is 1.30 bits per heavy atom. The molecule has 9 heteroatoms. The minimum atomic E-state index is -0.603. The molecule has 2 amide bonds. The Kier molecular flexibility index (Phi) is 7.43. The average Bonchev–Trinajstić information content (AvgIpc) is 2.44. The first-order chi connectivity index (χ1) is 10.8. The van der Waals surface area contributed by atoms with Gasteiger partial charge in [0.2, 0.25) is 11.8 Å². The molecule has 0 saturated carbocycles. The highest BCUT2D eigenvalue weighted by atomic mass is 35.5. The van der Waals surface area contributed by atoms with Gasteiger partial charge in [0, 0.05) is 17.6 Å². The Labute approximate surface area is 138 Å². The smallest absolute Gasteiger partial charge is 0.292 e. The molecule has 0 bridgehead atoms. The molecule has 0 aliphatic heterocycles. The van der Waals surface area contributed by atoms with Gasteiger partial charge in [-0.3, -0.25) is 24.6 Å². The summed E-state index contributed by atoms with van der Waals surface area (Å²) in [4.78, 5) is 35.3. The monoisotopic (exact) mass is 342 g/mol. The molecule has 1 rings (SSSR count). The Balaban J connectivity index is 2.61. The highest BCUT2D eigenvalue weighted by Crippen LogP contribution is 2.27. The summed E-state index contributed by atoms with van der Waals surface area (Å²) in [5.74, 6) is -0.656. The number of rotatable bonds is 8. The third-order valence-electron chi connectivity index (χ3n) is 2.83. The summed E-state index contributed by atoms with van der Waals surface area (Å²) in [5.41, 5.74) is -0.220. The van der Waals surface area contributed by atoms with Crippen molar-refractivity contribution >= 4 is 34.8 Å². The number of likely N-dealkylation sites (N-methyl/N-ethyl adjacent to an activating group) is 1. The van der Waals surface area contributed by atoms with Crippen molar-refractivity contribution in [2.75, 3.05) is 32.0 Å². The predicted molar refractivity (Wildman–Crippen MR) is 87.5 cm³/mol.